The van der Waals surface area contributed by atoms with Crippen molar-refractivity contribution in [1.82, 2.24) is 9.97 Å². The number of rotatable bonds is 2. The zero-order chi connectivity index (χ0) is 15.7. The number of hydrogen-bond acceptors (Lipinski definition) is 4. The number of H-pyrrole nitrogens is 1. The van der Waals surface area contributed by atoms with Crippen LogP contribution in [0.25, 0.3) is 11.3 Å². The normalized spacial score (nSPS) is 10.5. The Bertz CT molecular complexity index is 830. The molecule has 0 atom stereocenters. The quantitative estimate of drug-likeness (QED) is 0.679. The highest BCUT2D eigenvalue weighted by Gasteiger charge is 2.22. The largest absolute Gasteiger partial charge is 0.300 e. The number of nitrogens with one attached hydrogen (secondary N) is 1. The summed E-state index contributed by atoms with van der Waals surface area (Å²) in [6.07, 6.45) is 1.65. The van der Waals surface area contributed by atoms with Gasteiger partial charge >= 0.3 is 0 Å². The molecule has 0 saturated carbocycles. The standard InChI is InChI=1S/C13H8ClF2N3OS/c1-5-8(15)3-7(14)9(10(5)16)11-6(4-17)12(20)19-13(18-11)21-2/h3H,1-2H3,(H,18,19,20). The summed E-state index contributed by atoms with van der Waals surface area (Å²) in [5.74, 6) is -1.75. The van der Waals surface area contributed by atoms with Crippen molar-refractivity contribution in [3.63, 3.8) is 0 Å². The molecule has 0 unspecified atom stereocenters. The summed E-state index contributed by atoms with van der Waals surface area (Å²) in [4.78, 5) is 18.2. The molecular formula is C13H8ClF2N3OS. The Morgan fingerprint density at radius 2 is 2.14 bits per heavy atom. The fraction of sp³-hybridized carbons (Fsp3) is 0.154. The predicted molar refractivity (Wildman–Crippen MR) is 76.5 cm³/mol. The fourth-order valence-electron chi connectivity index (χ4n) is 1.74. The maximum atomic E-state index is 14.3. The number of hydrogen-bond donors (Lipinski definition) is 1. The molecule has 0 bridgehead atoms. The Morgan fingerprint density at radius 3 is 2.71 bits per heavy atom. The molecule has 0 aliphatic carbocycles. The molecule has 0 amide bonds. The molecule has 1 N–H and O–H groups in total. The molecule has 0 aliphatic rings. The van der Waals surface area contributed by atoms with E-state index in [1.807, 2.05) is 0 Å². The molecule has 0 aliphatic heterocycles. The molecule has 2 aromatic rings. The van der Waals surface area contributed by atoms with Crippen LogP contribution in [-0.4, -0.2) is 16.2 Å². The van der Waals surface area contributed by atoms with Crippen LogP contribution in [0.2, 0.25) is 5.02 Å². The highest BCUT2D eigenvalue weighted by atomic mass is 35.5. The van der Waals surface area contributed by atoms with Crippen molar-refractivity contribution in [1.29, 1.82) is 5.26 Å². The van der Waals surface area contributed by atoms with Crippen LogP contribution in [0.15, 0.2) is 16.0 Å². The van der Waals surface area contributed by atoms with Crippen LogP contribution in [0.5, 0.6) is 0 Å². The molecule has 0 fully saturated rings. The van der Waals surface area contributed by atoms with Crippen LogP contribution in [0.1, 0.15) is 11.1 Å². The van der Waals surface area contributed by atoms with E-state index >= 15 is 0 Å². The highest BCUT2D eigenvalue weighted by Crippen LogP contribution is 2.34. The zero-order valence-electron chi connectivity index (χ0n) is 10.9. The second kappa shape index (κ2) is 5.84. The van der Waals surface area contributed by atoms with Crippen molar-refractivity contribution < 1.29 is 8.78 Å². The molecule has 4 nitrogen and oxygen atoms in total. The van der Waals surface area contributed by atoms with Gasteiger partial charge in [-0.15, -0.1) is 0 Å². The predicted octanol–water partition coefficient (Wildman–Crippen LogP) is 3.27. The molecule has 108 valence electrons. The average molecular weight is 328 g/mol. The lowest BCUT2D eigenvalue weighted by molar-refractivity contribution is 0.570. The zero-order valence-corrected chi connectivity index (χ0v) is 12.5. The van der Waals surface area contributed by atoms with Gasteiger partial charge in [0.2, 0.25) is 0 Å². The number of halogens is 3. The molecule has 2 rings (SSSR count). The van der Waals surface area contributed by atoms with Crippen LogP contribution in [0.3, 0.4) is 0 Å². The average Bonchev–Trinajstić information content (AvgIpc) is 2.44. The first kappa shape index (κ1) is 15.5. The minimum atomic E-state index is -0.943. The van der Waals surface area contributed by atoms with E-state index in [0.717, 1.165) is 17.8 Å². The van der Waals surface area contributed by atoms with E-state index in [1.54, 1.807) is 12.3 Å². The van der Waals surface area contributed by atoms with E-state index in [9.17, 15) is 13.6 Å². The fourth-order valence-corrected chi connectivity index (χ4v) is 2.39. The Hall–Kier alpha value is -1.91. The van der Waals surface area contributed by atoms with E-state index in [1.165, 1.54) is 6.92 Å². The van der Waals surface area contributed by atoms with Gasteiger partial charge in [-0.1, -0.05) is 23.4 Å². The third kappa shape index (κ3) is 2.64. The van der Waals surface area contributed by atoms with Crippen LogP contribution >= 0.6 is 23.4 Å². The molecule has 0 spiro atoms. The number of benzene rings is 1. The second-order valence-corrected chi connectivity index (χ2v) is 5.27. The van der Waals surface area contributed by atoms with Crippen molar-refractivity contribution in [2.45, 2.75) is 12.1 Å². The van der Waals surface area contributed by atoms with Crippen LogP contribution in [-0.2, 0) is 0 Å². The molecule has 8 heteroatoms. The van der Waals surface area contributed by atoms with E-state index in [0.29, 0.717) is 0 Å². The first-order valence-corrected chi connectivity index (χ1v) is 7.23. The number of thioether (sulfide) groups is 1. The first-order valence-electron chi connectivity index (χ1n) is 5.63. The van der Waals surface area contributed by atoms with Gasteiger partial charge in [-0.25, -0.2) is 13.8 Å². The third-order valence-corrected chi connectivity index (χ3v) is 3.72. The number of nitrogens with zero attached hydrogens (tertiary/aromatic N) is 2. The van der Waals surface area contributed by atoms with Gasteiger partial charge in [0.1, 0.15) is 29.0 Å². The highest BCUT2D eigenvalue weighted by molar-refractivity contribution is 7.98. The molecule has 21 heavy (non-hydrogen) atoms. The van der Waals surface area contributed by atoms with Gasteiger partial charge < -0.3 is 4.98 Å². The third-order valence-electron chi connectivity index (χ3n) is 2.84. The minimum Gasteiger partial charge on any atom is -0.300 e. The van der Waals surface area contributed by atoms with Gasteiger partial charge in [0.15, 0.2) is 5.16 Å². The number of aromatic amines is 1. The minimum absolute atomic E-state index is 0.198. The molecule has 1 heterocycles. The SMILES string of the molecule is CSc1nc(-c2c(Cl)cc(F)c(C)c2F)c(C#N)c(=O)[nH]1. The summed E-state index contributed by atoms with van der Waals surface area (Å²) >= 11 is 6.98. The molecule has 1 aromatic carbocycles. The number of aromatic nitrogens is 2. The van der Waals surface area contributed by atoms with Gasteiger partial charge in [-0.3, -0.25) is 4.79 Å². The molecule has 0 radical (unpaired) electrons. The van der Waals surface area contributed by atoms with Crippen LogP contribution in [0, 0.1) is 29.9 Å². The lowest BCUT2D eigenvalue weighted by atomic mass is 10.0. The van der Waals surface area contributed by atoms with E-state index < -0.39 is 17.2 Å². The van der Waals surface area contributed by atoms with Crippen LogP contribution < -0.4 is 5.56 Å². The summed E-state index contributed by atoms with van der Waals surface area (Å²) in [6.45, 7) is 1.24. The van der Waals surface area contributed by atoms with Gasteiger partial charge in [-0.05, 0) is 19.2 Å². The Balaban J connectivity index is 2.92. The Labute approximate surface area is 127 Å². The van der Waals surface area contributed by atoms with Crippen molar-refractivity contribution >= 4 is 23.4 Å². The van der Waals surface area contributed by atoms with E-state index in [4.69, 9.17) is 16.9 Å². The molecular weight excluding hydrogens is 320 g/mol. The van der Waals surface area contributed by atoms with Crippen molar-refractivity contribution in [3.8, 4) is 17.3 Å². The second-order valence-electron chi connectivity index (χ2n) is 4.06. The van der Waals surface area contributed by atoms with Crippen molar-refractivity contribution in [2.24, 2.45) is 0 Å². The van der Waals surface area contributed by atoms with Crippen molar-refractivity contribution in [2.75, 3.05) is 6.26 Å². The van der Waals surface area contributed by atoms with Crippen molar-refractivity contribution in [3.05, 3.63) is 44.2 Å². The van der Waals surface area contributed by atoms with Gasteiger partial charge in [0.25, 0.3) is 5.56 Å². The lowest BCUT2D eigenvalue weighted by Crippen LogP contribution is -2.15. The van der Waals surface area contributed by atoms with Gasteiger partial charge in [-0.2, -0.15) is 5.26 Å². The summed E-state index contributed by atoms with van der Waals surface area (Å²) in [5.41, 5.74) is -1.79. The summed E-state index contributed by atoms with van der Waals surface area (Å²) in [7, 11) is 0. The summed E-state index contributed by atoms with van der Waals surface area (Å²) in [6, 6.07) is 2.60. The molecule has 1 aromatic heterocycles. The van der Waals surface area contributed by atoms with Gasteiger partial charge in [0, 0.05) is 5.56 Å². The monoisotopic (exact) mass is 327 g/mol. The van der Waals surface area contributed by atoms with E-state index in [2.05, 4.69) is 9.97 Å². The van der Waals surface area contributed by atoms with E-state index in [-0.39, 0.29) is 32.6 Å². The maximum absolute atomic E-state index is 14.3. The number of nitriles is 1. The topological polar surface area (TPSA) is 69.5 Å². The Kier molecular flexibility index (Phi) is 4.30. The smallest absolute Gasteiger partial charge is 0.270 e. The molecule has 0 saturated heterocycles. The first-order chi connectivity index (χ1) is 9.90. The summed E-state index contributed by atoms with van der Waals surface area (Å²) < 4.78 is 27.8. The summed E-state index contributed by atoms with van der Waals surface area (Å²) in [5, 5.41) is 9.02. The maximum Gasteiger partial charge on any atom is 0.270 e. The van der Waals surface area contributed by atoms with Gasteiger partial charge in [0.05, 0.1) is 10.6 Å². The van der Waals surface area contributed by atoms with Crippen LogP contribution in [0.4, 0.5) is 8.78 Å². The Morgan fingerprint density at radius 1 is 1.48 bits per heavy atom. The lowest BCUT2D eigenvalue weighted by Gasteiger charge is -2.10.